The van der Waals surface area contributed by atoms with Crippen LogP contribution in [0.15, 0.2) is 28.7 Å². The van der Waals surface area contributed by atoms with Crippen LogP contribution in [-0.4, -0.2) is 11.1 Å². The van der Waals surface area contributed by atoms with Gasteiger partial charge in [-0.15, -0.1) is 0 Å². The van der Waals surface area contributed by atoms with Crippen molar-refractivity contribution in [1.29, 1.82) is 0 Å². The molecule has 0 aliphatic carbocycles. The molecule has 2 aromatic rings. The summed E-state index contributed by atoms with van der Waals surface area (Å²) < 4.78 is 7.19. The molecule has 1 N–H and O–H groups in total. The third kappa shape index (κ3) is 3.38. The van der Waals surface area contributed by atoms with E-state index in [4.69, 9.17) is 4.42 Å². The van der Waals surface area contributed by atoms with E-state index in [9.17, 15) is 9.90 Å². The van der Waals surface area contributed by atoms with Crippen LogP contribution in [-0.2, 0) is 6.54 Å². The molecule has 0 spiro atoms. The number of carboxylic acids is 1. The van der Waals surface area contributed by atoms with Crippen LogP contribution in [0.3, 0.4) is 0 Å². The number of aryl methyl sites for hydroxylation is 1. The predicted molar refractivity (Wildman–Crippen MR) is 76.7 cm³/mol. The van der Waals surface area contributed by atoms with Crippen LogP contribution in [0.5, 0.6) is 0 Å². The third-order valence-corrected chi connectivity index (χ3v) is 3.53. The first-order valence-corrected chi connectivity index (χ1v) is 7.38. The Labute approximate surface area is 119 Å². The van der Waals surface area contributed by atoms with Crippen LogP contribution in [0, 0.1) is 0 Å². The Morgan fingerprint density at radius 1 is 1.15 bits per heavy atom. The fourth-order valence-electron chi connectivity index (χ4n) is 2.47. The molecule has 0 aliphatic rings. The molecule has 20 heavy (non-hydrogen) atoms. The van der Waals surface area contributed by atoms with Gasteiger partial charge in [0.15, 0.2) is 6.54 Å². The molecule has 1 heterocycles. The molecule has 0 saturated carbocycles. The summed E-state index contributed by atoms with van der Waals surface area (Å²) in [7, 11) is 0. The minimum absolute atomic E-state index is 0.0276. The molecule has 1 aromatic heterocycles. The lowest BCUT2D eigenvalue weighted by Gasteiger charge is -1.98. The molecule has 2 rings (SSSR count). The van der Waals surface area contributed by atoms with Crippen molar-refractivity contribution in [3.63, 3.8) is 0 Å². The Morgan fingerprint density at radius 3 is 2.60 bits per heavy atom. The van der Waals surface area contributed by atoms with Crippen molar-refractivity contribution >= 4 is 17.1 Å². The minimum Gasteiger partial charge on any atom is -0.471 e. The molecule has 0 fully saturated rings. The molecule has 0 amide bonds. The van der Waals surface area contributed by atoms with E-state index in [1.54, 1.807) is 10.6 Å². The van der Waals surface area contributed by atoms with E-state index in [1.807, 2.05) is 18.2 Å². The monoisotopic (exact) mass is 276 g/mol. The van der Waals surface area contributed by atoms with E-state index >= 15 is 0 Å². The molecular formula is C16H22NO3+. The quantitative estimate of drug-likeness (QED) is 0.589. The fourth-order valence-corrected chi connectivity index (χ4v) is 2.47. The van der Waals surface area contributed by atoms with Gasteiger partial charge in [-0.25, -0.2) is 4.79 Å². The molecule has 4 heteroatoms. The highest BCUT2D eigenvalue weighted by atomic mass is 16.4. The standard InChI is InChI=1S/C16H21NO3/c1-2-3-4-5-6-9-12-17-13-10-7-8-11-14(13)20-15(17)16(18)19/h7-8,10-11H,2-6,9,12H2,1H3/p+1. The molecule has 0 unspecified atom stereocenters. The van der Waals surface area contributed by atoms with Gasteiger partial charge in [0.2, 0.25) is 5.58 Å². The van der Waals surface area contributed by atoms with Gasteiger partial charge >= 0.3 is 11.9 Å². The van der Waals surface area contributed by atoms with Gasteiger partial charge in [0.25, 0.3) is 5.52 Å². The summed E-state index contributed by atoms with van der Waals surface area (Å²) in [4.78, 5) is 11.3. The van der Waals surface area contributed by atoms with Crippen LogP contribution >= 0.6 is 0 Å². The zero-order chi connectivity index (χ0) is 14.4. The highest BCUT2D eigenvalue weighted by Gasteiger charge is 2.27. The van der Waals surface area contributed by atoms with Crippen LogP contribution in [0.2, 0.25) is 0 Å². The van der Waals surface area contributed by atoms with Crippen molar-refractivity contribution in [3.05, 3.63) is 30.2 Å². The number of carboxylic acid groups (broad SMARTS) is 1. The zero-order valence-corrected chi connectivity index (χ0v) is 12.0. The van der Waals surface area contributed by atoms with E-state index in [0.29, 0.717) is 12.1 Å². The van der Waals surface area contributed by atoms with Crippen LogP contribution in [0.25, 0.3) is 11.1 Å². The number of hydrogen-bond donors (Lipinski definition) is 1. The third-order valence-electron chi connectivity index (χ3n) is 3.53. The summed E-state index contributed by atoms with van der Waals surface area (Å²) in [6.45, 7) is 2.90. The number of carbonyl (C=O) groups is 1. The Hall–Kier alpha value is -1.84. The van der Waals surface area contributed by atoms with Gasteiger partial charge in [-0.05, 0) is 12.5 Å². The summed E-state index contributed by atoms with van der Waals surface area (Å²) >= 11 is 0. The number of aromatic nitrogens is 1. The lowest BCUT2D eigenvalue weighted by atomic mass is 10.1. The van der Waals surface area contributed by atoms with Crippen molar-refractivity contribution in [3.8, 4) is 0 Å². The predicted octanol–water partition coefficient (Wildman–Crippen LogP) is 3.78. The number of fused-ring (bicyclic) bond motifs is 1. The van der Waals surface area contributed by atoms with E-state index in [-0.39, 0.29) is 5.89 Å². The Balaban J connectivity index is 2.04. The molecule has 1 aromatic carbocycles. The van der Waals surface area contributed by atoms with Crippen LogP contribution in [0.1, 0.15) is 56.1 Å². The maximum Gasteiger partial charge on any atom is 0.462 e. The Morgan fingerprint density at radius 2 is 1.85 bits per heavy atom. The number of benzene rings is 1. The second kappa shape index (κ2) is 7.08. The molecule has 0 atom stereocenters. The average molecular weight is 276 g/mol. The van der Waals surface area contributed by atoms with Crippen molar-refractivity contribution in [2.24, 2.45) is 0 Å². The van der Waals surface area contributed by atoms with Gasteiger partial charge in [0.1, 0.15) is 0 Å². The second-order valence-corrected chi connectivity index (χ2v) is 5.10. The lowest BCUT2D eigenvalue weighted by Crippen LogP contribution is -2.38. The van der Waals surface area contributed by atoms with Gasteiger partial charge in [-0.1, -0.05) is 44.7 Å². The maximum absolute atomic E-state index is 11.3. The van der Waals surface area contributed by atoms with Crippen molar-refractivity contribution < 1.29 is 18.9 Å². The Kier molecular flexibility index (Phi) is 5.16. The summed E-state index contributed by atoms with van der Waals surface area (Å²) in [5, 5.41) is 9.22. The first-order chi connectivity index (χ1) is 9.74. The molecule has 0 saturated heterocycles. The topological polar surface area (TPSA) is 54.3 Å². The van der Waals surface area contributed by atoms with Gasteiger partial charge in [0.05, 0.1) is 0 Å². The molecule has 4 nitrogen and oxygen atoms in total. The number of aromatic carboxylic acids is 1. The number of para-hydroxylation sites is 2. The first kappa shape index (κ1) is 14.6. The van der Waals surface area contributed by atoms with Crippen molar-refractivity contribution in [2.75, 3.05) is 0 Å². The SMILES string of the molecule is CCCCCCCC[n+]1c(C(=O)O)oc2ccccc21. The van der Waals surface area contributed by atoms with Crippen LogP contribution in [0.4, 0.5) is 0 Å². The highest BCUT2D eigenvalue weighted by molar-refractivity contribution is 5.83. The van der Waals surface area contributed by atoms with Gasteiger partial charge in [-0.2, -0.15) is 4.57 Å². The lowest BCUT2D eigenvalue weighted by molar-refractivity contribution is -0.679. The van der Waals surface area contributed by atoms with E-state index in [2.05, 4.69) is 6.92 Å². The smallest absolute Gasteiger partial charge is 0.462 e. The van der Waals surface area contributed by atoms with Crippen molar-refractivity contribution in [2.45, 2.75) is 52.0 Å². The number of nitrogens with zero attached hydrogens (tertiary/aromatic N) is 1. The van der Waals surface area contributed by atoms with Gasteiger partial charge in [-0.3, -0.25) is 0 Å². The van der Waals surface area contributed by atoms with Gasteiger partial charge in [0, 0.05) is 12.5 Å². The largest absolute Gasteiger partial charge is 0.471 e. The summed E-state index contributed by atoms with van der Waals surface area (Å²) in [5.41, 5.74) is 1.49. The van der Waals surface area contributed by atoms with Crippen LogP contribution < -0.4 is 4.57 Å². The van der Waals surface area contributed by atoms with E-state index in [1.165, 1.54) is 25.7 Å². The molecule has 0 aliphatic heterocycles. The molecule has 0 radical (unpaired) electrons. The number of hydrogen-bond acceptors (Lipinski definition) is 2. The summed E-state index contributed by atoms with van der Waals surface area (Å²) in [6, 6.07) is 7.47. The molecule has 0 bridgehead atoms. The van der Waals surface area contributed by atoms with E-state index < -0.39 is 5.97 Å². The van der Waals surface area contributed by atoms with Gasteiger partial charge < -0.3 is 9.52 Å². The minimum atomic E-state index is -1.01. The Bertz CT molecular complexity index is 574. The zero-order valence-electron chi connectivity index (χ0n) is 12.0. The van der Waals surface area contributed by atoms with Crippen molar-refractivity contribution in [1.82, 2.24) is 0 Å². The molecular weight excluding hydrogens is 254 g/mol. The summed E-state index contributed by atoms with van der Waals surface area (Å²) in [6.07, 6.45) is 7.11. The first-order valence-electron chi connectivity index (χ1n) is 7.38. The van der Waals surface area contributed by atoms with E-state index in [0.717, 1.165) is 18.4 Å². The number of oxazole rings is 1. The highest BCUT2D eigenvalue weighted by Crippen LogP contribution is 2.14. The maximum atomic E-state index is 11.3. The number of unbranched alkanes of at least 4 members (excludes halogenated alkanes) is 5. The number of rotatable bonds is 8. The fraction of sp³-hybridized carbons (Fsp3) is 0.500. The normalized spacial score (nSPS) is 11.1. The molecule has 108 valence electrons. The second-order valence-electron chi connectivity index (χ2n) is 5.10. The summed E-state index contributed by atoms with van der Waals surface area (Å²) in [5.74, 6) is -0.980. The average Bonchev–Trinajstić information content (AvgIpc) is 2.82.